The van der Waals surface area contributed by atoms with E-state index in [1.807, 2.05) is 0 Å². The second-order valence-corrected chi connectivity index (χ2v) is 6.05. The Hall–Kier alpha value is -0.770. The van der Waals surface area contributed by atoms with Crippen molar-refractivity contribution in [3.8, 4) is 0 Å². The van der Waals surface area contributed by atoms with Crippen molar-refractivity contribution in [3.05, 3.63) is 0 Å². The summed E-state index contributed by atoms with van der Waals surface area (Å²) in [5, 5.41) is 0. The van der Waals surface area contributed by atoms with Gasteiger partial charge in [-0.25, -0.2) is 0 Å². The largest absolute Gasteiger partial charge is 0.377 e. The van der Waals surface area contributed by atoms with Crippen molar-refractivity contribution in [3.63, 3.8) is 0 Å². The van der Waals surface area contributed by atoms with E-state index in [1.54, 1.807) is 0 Å². The fourth-order valence-electron chi connectivity index (χ4n) is 2.94. The van der Waals surface area contributed by atoms with Gasteiger partial charge in [0.1, 0.15) is 0 Å². The minimum atomic E-state index is 0.219. The van der Waals surface area contributed by atoms with Gasteiger partial charge in [0.25, 0.3) is 0 Å². The van der Waals surface area contributed by atoms with Crippen LogP contribution in [-0.4, -0.2) is 43.2 Å². The minimum Gasteiger partial charge on any atom is -0.377 e. The van der Waals surface area contributed by atoms with Gasteiger partial charge in [-0.05, 0) is 31.6 Å². The topological polar surface area (TPSA) is 50.8 Å². The van der Waals surface area contributed by atoms with Gasteiger partial charge in [-0.1, -0.05) is 6.92 Å². The Labute approximate surface area is 103 Å². The third kappa shape index (κ3) is 2.15. The molecule has 3 rings (SSSR count). The molecule has 0 amide bonds. The first-order valence-corrected chi connectivity index (χ1v) is 6.85. The number of ether oxygens (including phenoxy) is 1. The van der Waals surface area contributed by atoms with Gasteiger partial charge < -0.3 is 15.4 Å². The molecule has 0 aromatic carbocycles. The SMILES string of the molecule is CC1(CN=C(N)N2CCC2)CCOC1C1CC1. The van der Waals surface area contributed by atoms with Crippen LogP contribution in [0.4, 0.5) is 0 Å². The smallest absolute Gasteiger partial charge is 0.191 e. The quantitative estimate of drug-likeness (QED) is 0.593. The first-order valence-electron chi connectivity index (χ1n) is 6.85. The van der Waals surface area contributed by atoms with Crippen molar-refractivity contribution in [1.82, 2.24) is 4.90 Å². The summed E-state index contributed by atoms with van der Waals surface area (Å²) >= 11 is 0. The molecule has 2 unspecified atom stereocenters. The predicted molar refractivity (Wildman–Crippen MR) is 67.9 cm³/mol. The van der Waals surface area contributed by atoms with Crippen LogP contribution in [0.15, 0.2) is 4.99 Å². The third-order valence-corrected chi connectivity index (χ3v) is 4.49. The van der Waals surface area contributed by atoms with Crippen molar-refractivity contribution in [2.45, 2.75) is 38.7 Å². The van der Waals surface area contributed by atoms with Crippen molar-refractivity contribution < 1.29 is 4.74 Å². The highest BCUT2D eigenvalue weighted by Gasteiger charge is 2.48. The Kier molecular flexibility index (Phi) is 2.77. The fraction of sp³-hybridized carbons (Fsp3) is 0.923. The van der Waals surface area contributed by atoms with E-state index >= 15 is 0 Å². The lowest BCUT2D eigenvalue weighted by Crippen LogP contribution is -2.47. The predicted octanol–water partition coefficient (Wildman–Crippen LogP) is 1.21. The molecule has 0 aromatic heterocycles. The maximum atomic E-state index is 5.99. The molecule has 1 saturated carbocycles. The van der Waals surface area contributed by atoms with Gasteiger partial charge in [-0.3, -0.25) is 4.99 Å². The first-order chi connectivity index (χ1) is 8.19. The summed E-state index contributed by atoms with van der Waals surface area (Å²) in [6.07, 6.45) is 5.49. The molecule has 0 radical (unpaired) electrons. The second-order valence-electron chi connectivity index (χ2n) is 6.05. The number of nitrogens with zero attached hydrogens (tertiary/aromatic N) is 2. The molecular formula is C13H23N3O. The van der Waals surface area contributed by atoms with E-state index in [4.69, 9.17) is 10.5 Å². The summed E-state index contributed by atoms with van der Waals surface area (Å²) in [7, 11) is 0. The zero-order chi connectivity index (χ0) is 11.9. The van der Waals surface area contributed by atoms with Crippen LogP contribution >= 0.6 is 0 Å². The lowest BCUT2D eigenvalue weighted by molar-refractivity contribution is 0.0423. The van der Waals surface area contributed by atoms with E-state index in [1.165, 1.54) is 19.3 Å². The van der Waals surface area contributed by atoms with Gasteiger partial charge in [0.05, 0.1) is 12.6 Å². The Morgan fingerprint density at radius 3 is 2.82 bits per heavy atom. The van der Waals surface area contributed by atoms with Gasteiger partial charge >= 0.3 is 0 Å². The van der Waals surface area contributed by atoms with Crippen LogP contribution in [0.2, 0.25) is 0 Å². The fourth-order valence-corrected chi connectivity index (χ4v) is 2.94. The molecule has 96 valence electrons. The standard InChI is InChI=1S/C13H23N3O/c1-13(5-8-17-11(13)10-3-4-10)9-15-12(14)16-6-2-7-16/h10-11H,2-9H2,1H3,(H2,14,15). The molecule has 4 nitrogen and oxygen atoms in total. The van der Waals surface area contributed by atoms with Crippen LogP contribution in [0.1, 0.15) is 32.6 Å². The van der Waals surface area contributed by atoms with Crippen LogP contribution in [0.5, 0.6) is 0 Å². The zero-order valence-electron chi connectivity index (χ0n) is 10.7. The van der Waals surface area contributed by atoms with E-state index in [2.05, 4.69) is 16.8 Å². The van der Waals surface area contributed by atoms with Gasteiger partial charge in [0.15, 0.2) is 5.96 Å². The highest BCUT2D eigenvalue weighted by atomic mass is 16.5. The molecule has 0 bridgehead atoms. The van der Waals surface area contributed by atoms with Crippen molar-refractivity contribution in [2.24, 2.45) is 22.1 Å². The first kappa shape index (κ1) is 11.3. The van der Waals surface area contributed by atoms with Gasteiger partial charge in [0, 0.05) is 25.1 Å². The molecule has 2 aliphatic heterocycles. The molecule has 3 fully saturated rings. The summed E-state index contributed by atoms with van der Waals surface area (Å²) in [6, 6.07) is 0. The zero-order valence-corrected chi connectivity index (χ0v) is 10.7. The van der Waals surface area contributed by atoms with E-state index in [0.717, 1.165) is 44.5 Å². The maximum Gasteiger partial charge on any atom is 0.191 e. The Balaban J connectivity index is 1.62. The Bertz CT molecular complexity index is 323. The molecule has 4 heteroatoms. The highest BCUT2D eigenvalue weighted by molar-refractivity contribution is 5.78. The van der Waals surface area contributed by atoms with Crippen molar-refractivity contribution in [2.75, 3.05) is 26.2 Å². The molecule has 0 aromatic rings. The number of rotatable bonds is 3. The van der Waals surface area contributed by atoms with Crippen LogP contribution < -0.4 is 5.73 Å². The van der Waals surface area contributed by atoms with E-state index in [-0.39, 0.29) is 5.41 Å². The molecule has 17 heavy (non-hydrogen) atoms. The van der Waals surface area contributed by atoms with E-state index in [0.29, 0.717) is 6.10 Å². The van der Waals surface area contributed by atoms with E-state index in [9.17, 15) is 0 Å². The second kappa shape index (κ2) is 4.16. The summed E-state index contributed by atoms with van der Waals surface area (Å²) < 4.78 is 5.90. The molecule has 2 saturated heterocycles. The monoisotopic (exact) mass is 237 g/mol. The van der Waals surface area contributed by atoms with Crippen LogP contribution in [0.3, 0.4) is 0 Å². The molecule has 0 spiro atoms. The number of aliphatic imine (C=N–C) groups is 1. The van der Waals surface area contributed by atoms with Gasteiger partial charge in [-0.2, -0.15) is 0 Å². The lowest BCUT2D eigenvalue weighted by Gasteiger charge is -2.33. The van der Waals surface area contributed by atoms with Gasteiger partial charge in [0.2, 0.25) is 0 Å². The Morgan fingerprint density at radius 1 is 1.47 bits per heavy atom. The normalized spacial score (nSPS) is 38.3. The number of guanidine groups is 1. The summed E-state index contributed by atoms with van der Waals surface area (Å²) in [5.74, 6) is 1.53. The summed E-state index contributed by atoms with van der Waals surface area (Å²) in [6.45, 7) is 6.20. The number of nitrogens with two attached hydrogens (primary N) is 1. The average molecular weight is 237 g/mol. The molecule has 3 aliphatic rings. The van der Waals surface area contributed by atoms with E-state index < -0.39 is 0 Å². The molecule has 1 aliphatic carbocycles. The van der Waals surface area contributed by atoms with Crippen molar-refractivity contribution in [1.29, 1.82) is 0 Å². The summed E-state index contributed by atoms with van der Waals surface area (Å²) in [4.78, 5) is 6.76. The number of hydrogen-bond donors (Lipinski definition) is 1. The molecule has 2 N–H and O–H groups in total. The Morgan fingerprint density at radius 2 is 2.24 bits per heavy atom. The number of likely N-dealkylation sites (tertiary alicyclic amines) is 1. The summed E-state index contributed by atoms with van der Waals surface area (Å²) in [5.41, 5.74) is 6.21. The molecule has 2 heterocycles. The van der Waals surface area contributed by atoms with Gasteiger partial charge in [-0.15, -0.1) is 0 Å². The van der Waals surface area contributed by atoms with Crippen LogP contribution in [-0.2, 0) is 4.74 Å². The van der Waals surface area contributed by atoms with Crippen LogP contribution in [0, 0.1) is 11.3 Å². The minimum absolute atomic E-state index is 0.219. The van der Waals surface area contributed by atoms with Crippen LogP contribution in [0.25, 0.3) is 0 Å². The highest BCUT2D eigenvalue weighted by Crippen LogP contribution is 2.47. The maximum absolute atomic E-state index is 5.99. The molecular weight excluding hydrogens is 214 g/mol. The number of hydrogen-bond acceptors (Lipinski definition) is 2. The molecule has 2 atom stereocenters. The van der Waals surface area contributed by atoms with Crippen molar-refractivity contribution >= 4 is 5.96 Å². The average Bonchev–Trinajstić information content (AvgIpc) is 2.98. The third-order valence-electron chi connectivity index (χ3n) is 4.49. The lowest BCUT2D eigenvalue weighted by atomic mass is 9.81.